The van der Waals surface area contributed by atoms with Crippen LogP contribution in [-0.2, 0) is 11.4 Å². The maximum Gasteiger partial charge on any atom is 0.335 e. The number of nitrogens with two attached hydrogens (primary N) is 1. The first kappa shape index (κ1) is 20.7. The van der Waals surface area contributed by atoms with Gasteiger partial charge in [-0.25, -0.2) is 10.6 Å². The second-order valence-electron chi connectivity index (χ2n) is 5.43. The lowest BCUT2D eigenvalue weighted by molar-refractivity contribution is 0.130. The number of hydrogen-bond donors (Lipinski definition) is 2. The Kier molecular flexibility index (Phi) is 8.18. The first-order valence-corrected chi connectivity index (χ1v) is 8.22. The van der Waals surface area contributed by atoms with E-state index in [4.69, 9.17) is 22.3 Å². The van der Waals surface area contributed by atoms with Gasteiger partial charge in [-0.2, -0.15) is 0 Å². The van der Waals surface area contributed by atoms with Gasteiger partial charge < -0.3 is 10.2 Å². The van der Waals surface area contributed by atoms with Crippen LogP contribution in [0.2, 0.25) is 0 Å². The number of nitrogens with zero attached hydrogens (tertiary/aromatic N) is 2. The van der Waals surface area contributed by atoms with E-state index >= 15 is 0 Å². The highest BCUT2D eigenvalue weighted by Gasteiger charge is 2.11. The summed E-state index contributed by atoms with van der Waals surface area (Å²) in [6, 6.07) is 5.16. The highest BCUT2D eigenvalue weighted by Crippen LogP contribution is 2.22. The molecule has 0 heterocycles. The lowest BCUT2D eigenvalue weighted by atomic mass is 10.1. The summed E-state index contributed by atoms with van der Waals surface area (Å²) in [5.74, 6) is 5.45. The second-order valence-corrected chi connectivity index (χ2v) is 5.84. The average Bonchev–Trinajstić information content (AvgIpc) is 2.57. The highest BCUT2D eigenvalue weighted by molar-refractivity contribution is 6.35. The van der Waals surface area contributed by atoms with Gasteiger partial charge in [-0.3, -0.25) is 5.01 Å². The first-order valence-electron chi connectivity index (χ1n) is 7.85. The Morgan fingerprint density at radius 3 is 2.64 bits per heavy atom. The fourth-order valence-corrected chi connectivity index (χ4v) is 2.38. The quantitative estimate of drug-likeness (QED) is 0.259. The number of amides is 2. The summed E-state index contributed by atoms with van der Waals surface area (Å²) >= 11 is 6.15. The molecule has 0 unspecified atom stereocenters. The number of aryl methyl sites for hydroxylation is 1. The summed E-state index contributed by atoms with van der Waals surface area (Å²) in [5, 5.41) is 8.47. The molecule has 6 nitrogen and oxygen atoms in total. The Bertz CT molecular complexity index is 709. The third-order valence-corrected chi connectivity index (χ3v) is 3.99. The van der Waals surface area contributed by atoms with Gasteiger partial charge in [0, 0.05) is 28.9 Å². The van der Waals surface area contributed by atoms with Crippen LogP contribution in [0.15, 0.2) is 46.1 Å². The molecule has 0 saturated carbocycles. The van der Waals surface area contributed by atoms with Crippen molar-refractivity contribution in [2.24, 2.45) is 11.0 Å². The van der Waals surface area contributed by atoms with Crippen LogP contribution in [-0.4, -0.2) is 23.8 Å². The number of carbonyl (C=O) groups excluding carboxylic acids is 1. The number of nitrogens with one attached hydrogen (secondary N) is 1. The van der Waals surface area contributed by atoms with Crippen LogP contribution >= 0.6 is 11.6 Å². The van der Waals surface area contributed by atoms with Crippen LogP contribution < -0.4 is 11.2 Å². The minimum absolute atomic E-state index is 0.207. The van der Waals surface area contributed by atoms with Crippen molar-refractivity contribution in [3.05, 3.63) is 52.1 Å². The molecule has 1 aromatic carbocycles. The lowest BCUT2D eigenvalue weighted by Crippen LogP contribution is -2.37. The smallest absolute Gasteiger partial charge is 0.335 e. The second kappa shape index (κ2) is 9.86. The van der Waals surface area contributed by atoms with Crippen molar-refractivity contribution in [3.8, 4) is 0 Å². The monoisotopic (exact) mass is 364 g/mol. The zero-order valence-corrected chi connectivity index (χ0v) is 16.0. The molecule has 0 radical (unpaired) electrons. The van der Waals surface area contributed by atoms with Gasteiger partial charge in [-0.15, -0.1) is 0 Å². The van der Waals surface area contributed by atoms with Crippen molar-refractivity contribution in [2.45, 2.75) is 34.3 Å². The van der Waals surface area contributed by atoms with Crippen molar-refractivity contribution < 1.29 is 9.63 Å². The molecule has 0 aliphatic rings. The lowest BCUT2D eigenvalue weighted by Gasteiger charge is -2.16. The van der Waals surface area contributed by atoms with E-state index in [1.807, 2.05) is 45.9 Å². The van der Waals surface area contributed by atoms with Gasteiger partial charge in [-0.05, 0) is 39.3 Å². The Hall–Kier alpha value is -2.31. The van der Waals surface area contributed by atoms with Gasteiger partial charge in [0.25, 0.3) is 0 Å². The SMILES string of the molecule is C/C=C(C(C)=NOCc1c(C)cccc1NC(=O)N(C)N)\C(Cl)=C/C. The summed E-state index contributed by atoms with van der Waals surface area (Å²) in [4.78, 5) is 17.3. The van der Waals surface area contributed by atoms with Crippen molar-refractivity contribution >= 4 is 29.0 Å². The number of carbonyl (C=O) groups is 1. The van der Waals surface area contributed by atoms with Crippen molar-refractivity contribution in [2.75, 3.05) is 12.4 Å². The van der Waals surface area contributed by atoms with E-state index in [9.17, 15) is 4.79 Å². The molecule has 0 aliphatic carbocycles. The summed E-state index contributed by atoms with van der Waals surface area (Å²) in [5.41, 5.74) is 3.92. The Morgan fingerprint density at radius 1 is 1.40 bits per heavy atom. The standard InChI is InChI=1S/C18H25ClN4O2/c1-6-14(16(19)7-2)13(4)22-25-11-15-12(3)9-8-10-17(15)21-18(24)23(5)20/h6-10H,11,20H2,1-5H3,(H,21,24)/b14-6-,16-7+,22-13?. The summed E-state index contributed by atoms with van der Waals surface area (Å²) in [6.45, 7) is 7.71. The van der Waals surface area contributed by atoms with Crippen LogP contribution in [0.4, 0.5) is 10.5 Å². The molecule has 0 aliphatic heterocycles. The van der Waals surface area contributed by atoms with Crippen molar-refractivity contribution in [1.82, 2.24) is 5.01 Å². The largest absolute Gasteiger partial charge is 0.391 e. The maximum absolute atomic E-state index is 11.8. The number of halogens is 1. The van der Waals surface area contributed by atoms with Crippen molar-refractivity contribution in [1.29, 1.82) is 0 Å². The van der Waals surface area contributed by atoms with E-state index in [-0.39, 0.29) is 6.61 Å². The maximum atomic E-state index is 11.8. The third-order valence-electron chi connectivity index (χ3n) is 3.57. The van der Waals surface area contributed by atoms with Crippen molar-refractivity contribution in [3.63, 3.8) is 0 Å². The van der Waals surface area contributed by atoms with Gasteiger partial charge in [-0.1, -0.05) is 41.0 Å². The number of allylic oxidation sites excluding steroid dienone is 4. The Labute approximate surface area is 153 Å². The summed E-state index contributed by atoms with van der Waals surface area (Å²) < 4.78 is 0. The molecule has 0 saturated heterocycles. The molecular weight excluding hydrogens is 340 g/mol. The first-order chi connectivity index (χ1) is 11.8. The number of hydrogen-bond acceptors (Lipinski definition) is 4. The molecule has 0 aromatic heterocycles. The molecule has 3 N–H and O–H groups in total. The molecule has 0 atom stereocenters. The topological polar surface area (TPSA) is 80.0 Å². The number of anilines is 1. The number of benzene rings is 1. The van der Waals surface area contributed by atoms with Crippen LogP contribution in [0, 0.1) is 6.92 Å². The van der Waals surface area contributed by atoms with Gasteiger partial charge in [0.2, 0.25) is 0 Å². The predicted molar refractivity (Wildman–Crippen MR) is 103 cm³/mol. The summed E-state index contributed by atoms with van der Waals surface area (Å²) in [6.07, 6.45) is 3.68. The fraction of sp³-hybridized carbons (Fsp3) is 0.333. The normalized spacial score (nSPS) is 12.8. The van der Waals surface area contributed by atoms with E-state index in [1.54, 1.807) is 12.1 Å². The summed E-state index contributed by atoms with van der Waals surface area (Å²) in [7, 11) is 1.47. The molecule has 0 spiro atoms. The fourth-order valence-electron chi connectivity index (χ4n) is 2.13. The molecule has 7 heteroatoms. The van der Waals surface area contributed by atoms with Gasteiger partial charge in [0.15, 0.2) is 0 Å². The molecular formula is C18H25ClN4O2. The Balaban J connectivity index is 2.94. The molecule has 2 amide bonds. The number of urea groups is 1. The van der Waals surface area contributed by atoms with E-state index in [1.165, 1.54) is 7.05 Å². The molecule has 0 bridgehead atoms. The van der Waals surface area contributed by atoms with E-state index < -0.39 is 6.03 Å². The van der Waals surface area contributed by atoms with Gasteiger partial charge in [0.1, 0.15) is 6.61 Å². The molecule has 1 rings (SSSR count). The van der Waals surface area contributed by atoms with Crippen LogP contribution in [0.25, 0.3) is 0 Å². The van der Waals surface area contributed by atoms with E-state index in [0.717, 1.165) is 21.7 Å². The number of hydrazine groups is 1. The zero-order valence-electron chi connectivity index (χ0n) is 15.3. The average molecular weight is 365 g/mol. The van der Waals surface area contributed by atoms with Crippen LogP contribution in [0.5, 0.6) is 0 Å². The zero-order chi connectivity index (χ0) is 19.0. The van der Waals surface area contributed by atoms with Gasteiger partial charge >= 0.3 is 6.03 Å². The Morgan fingerprint density at radius 2 is 2.08 bits per heavy atom. The van der Waals surface area contributed by atoms with Crippen LogP contribution in [0.1, 0.15) is 31.9 Å². The minimum atomic E-state index is -0.414. The van der Waals surface area contributed by atoms with E-state index in [2.05, 4.69) is 10.5 Å². The number of oxime groups is 1. The molecule has 25 heavy (non-hydrogen) atoms. The number of rotatable bonds is 6. The van der Waals surface area contributed by atoms with E-state index in [0.29, 0.717) is 16.4 Å². The highest BCUT2D eigenvalue weighted by atomic mass is 35.5. The third kappa shape index (κ3) is 5.92. The molecule has 1 aromatic rings. The predicted octanol–water partition coefficient (Wildman–Crippen LogP) is 4.31. The van der Waals surface area contributed by atoms with Gasteiger partial charge in [0.05, 0.1) is 5.71 Å². The van der Waals surface area contributed by atoms with Crippen LogP contribution in [0.3, 0.4) is 0 Å². The molecule has 136 valence electrons. The molecule has 0 fully saturated rings. The minimum Gasteiger partial charge on any atom is -0.391 e.